The van der Waals surface area contributed by atoms with Crippen molar-refractivity contribution < 1.29 is 14.7 Å². The van der Waals surface area contributed by atoms with E-state index in [2.05, 4.69) is 10.3 Å². The normalized spacial score (nSPS) is 10.2. The van der Waals surface area contributed by atoms with E-state index in [1.54, 1.807) is 12.1 Å². The Morgan fingerprint density at radius 3 is 2.38 bits per heavy atom. The second kappa shape index (κ2) is 6.56. The van der Waals surface area contributed by atoms with E-state index in [-0.39, 0.29) is 33.9 Å². The minimum absolute atomic E-state index is 0.125. The number of carbonyl (C=O) groups is 2. The minimum Gasteiger partial charge on any atom is -0.478 e. The fourth-order valence-electron chi connectivity index (χ4n) is 1.69. The molecule has 1 amide bonds. The van der Waals surface area contributed by atoms with E-state index in [9.17, 15) is 9.59 Å². The number of pyridine rings is 1. The lowest BCUT2D eigenvalue weighted by molar-refractivity contribution is 0.0696. The number of rotatable bonds is 4. The van der Waals surface area contributed by atoms with Gasteiger partial charge < -0.3 is 10.4 Å². The van der Waals surface area contributed by atoms with Crippen LogP contribution in [0.3, 0.4) is 0 Å². The maximum atomic E-state index is 12.0. The van der Waals surface area contributed by atoms with Crippen molar-refractivity contribution in [3.05, 3.63) is 63.4 Å². The van der Waals surface area contributed by atoms with E-state index in [1.807, 2.05) is 0 Å². The first-order chi connectivity index (χ1) is 9.95. The van der Waals surface area contributed by atoms with Crippen LogP contribution in [0.2, 0.25) is 10.3 Å². The summed E-state index contributed by atoms with van der Waals surface area (Å²) in [7, 11) is 0. The second-order valence-electron chi connectivity index (χ2n) is 4.19. The van der Waals surface area contributed by atoms with Crippen LogP contribution >= 0.6 is 23.2 Å². The summed E-state index contributed by atoms with van der Waals surface area (Å²) in [4.78, 5) is 26.6. The molecule has 0 unspecified atom stereocenters. The van der Waals surface area contributed by atoms with Gasteiger partial charge in [-0.2, -0.15) is 0 Å². The van der Waals surface area contributed by atoms with E-state index < -0.39 is 5.97 Å². The average Bonchev–Trinajstić information content (AvgIpc) is 2.44. The van der Waals surface area contributed by atoms with Gasteiger partial charge in [0, 0.05) is 12.1 Å². The molecule has 0 aliphatic heterocycles. The highest BCUT2D eigenvalue weighted by molar-refractivity contribution is 6.33. The van der Waals surface area contributed by atoms with Crippen molar-refractivity contribution in [1.82, 2.24) is 10.3 Å². The number of aromatic nitrogens is 1. The van der Waals surface area contributed by atoms with Gasteiger partial charge in [-0.05, 0) is 29.8 Å². The Bertz CT molecular complexity index is 684. The van der Waals surface area contributed by atoms with Crippen LogP contribution in [0.4, 0.5) is 0 Å². The van der Waals surface area contributed by atoms with Crippen molar-refractivity contribution in [1.29, 1.82) is 0 Å². The van der Waals surface area contributed by atoms with Crippen LogP contribution < -0.4 is 5.32 Å². The van der Waals surface area contributed by atoms with Crippen molar-refractivity contribution in [3.63, 3.8) is 0 Å². The summed E-state index contributed by atoms with van der Waals surface area (Å²) in [6.07, 6.45) is 0. The van der Waals surface area contributed by atoms with Gasteiger partial charge in [-0.15, -0.1) is 0 Å². The molecule has 2 N–H and O–H groups in total. The van der Waals surface area contributed by atoms with Gasteiger partial charge in [0.05, 0.1) is 5.56 Å². The lowest BCUT2D eigenvalue weighted by Gasteiger charge is -2.07. The van der Waals surface area contributed by atoms with Gasteiger partial charge in [0.2, 0.25) is 0 Å². The summed E-state index contributed by atoms with van der Waals surface area (Å²) in [5.74, 6) is -1.39. The summed E-state index contributed by atoms with van der Waals surface area (Å²) in [6, 6.07) is 9.11. The molecule has 1 aromatic heterocycles. The molecule has 5 nitrogen and oxygen atoms in total. The summed E-state index contributed by atoms with van der Waals surface area (Å²) in [5, 5.41) is 11.8. The Morgan fingerprint density at radius 2 is 1.76 bits per heavy atom. The number of carbonyl (C=O) groups excluding carboxylic acids is 1. The molecule has 0 radical (unpaired) electrons. The van der Waals surface area contributed by atoms with Crippen LogP contribution in [0.5, 0.6) is 0 Å². The second-order valence-corrected chi connectivity index (χ2v) is 4.96. The Hall–Kier alpha value is -2.11. The first-order valence-corrected chi connectivity index (χ1v) is 6.65. The topological polar surface area (TPSA) is 79.3 Å². The first kappa shape index (κ1) is 15.3. The van der Waals surface area contributed by atoms with E-state index in [0.717, 1.165) is 0 Å². The number of hydrogen-bond donors (Lipinski definition) is 2. The van der Waals surface area contributed by atoms with Crippen LogP contribution in [0.15, 0.2) is 36.4 Å². The fourth-order valence-corrected chi connectivity index (χ4v) is 2.16. The van der Waals surface area contributed by atoms with Crippen molar-refractivity contribution >= 4 is 35.1 Å². The number of carboxylic acid groups (broad SMARTS) is 1. The highest BCUT2D eigenvalue weighted by Gasteiger charge is 2.09. The molecule has 2 rings (SSSR count). The fraction of sp³-hybridized carbons (Fsp3) is 0.0714. The molecular weight excluding hydrogens is 315 g/mol. The molecule has 0 aliphatic rings. The van der Waals surface area contributed by atoms with Crippen LogP contribution in [0, 0.1) is 0 Å². The summed E-state index contributed by atoms with van der Waals surface area (Å²) in [5.41, 5.74) is 1.13. The Labute approximate surface area is 130 Å². The van der Waals surface area contributed by atoms with Gasteiger partial charge in [0.1, 0.15) is 10.3 Å². The highest BCUT2D eigenvalue weighted by atomic mass is 35.5. The van der Waals surface area contributed by atoms with Crippen molar-refractivity contribution in [3.8, 4) is 0 Å². The van der Waals surface area contributed by atoms with Gasteiger partial charge in [-0.1, -0.05) is 35.3 Å². The Balaban J connectivity index is 2.07. The predicted molar refractivity (Wildman–Crippen MR) is 78.8 cm³/mol. The molecule has 7 heteroatoms. The SMILES string of the molecule is O=C(O)c1cccc(CNC(=O)c2cc(Cl)nc(Cl)c2)c1. The largest absolute Gasteiger partial charge is 0.478 e. The zero-order valence-corrected chi connectivity index (χ0v) is 12.1. The van der Waals surface area contributed by atoms with E-state index in [1.165, 1.54) is 24.3 Å². The first-order valence-electron chi connectivity index (χ1n) is 5.89. The predicted octanol–water partition coefficient (Wildman–Crippen LogP) is 3.02. The van der Waals surface area contributed by atoms with Crippen molar-refractivity contribution in [2.75, 3.05) is 0 Å². The molecule has 0 fully saturated rings. The molecule has 1 aromatic carbocycles. The maximum absolute atomic E-state index is 12.0. The summed E-state index contributed by atoms with van der Waals surface area (Å²) < 4.78 is 0. The third-order valence-electron chi connectivity index (χ3n) is 2.65. The molecule has 2 aromatic rings. The number of amides is 1. The molecule has 0 spiro atoms. The third kappa shape index (κ3) is 4.18. The van der Waals surface area contributed by atoms with Crippen molar-refractivity contribution in [2.45, 2.75) is 6.54 Å². The number of benzene rings is 1. The van der Waals surface area contributed by atoms with Crippen LogP contribution in [0.1, 0.15) is 26.3 Å². The molecule has 21 heavy (non-hydrogen) atoms. The Kier molecular flexibility index (Phi) is 4.77. The van der Waals surface area contributed by atoms with E-state index in [0.29, 0.717) is 5.56 Å². The zero-order chi connectivity index (χ0) is 15.4. The monoisotopic (exact) mass is 324 g/mol. The van der Waals surface area contributed by atoms with Gasteiger partial charge in [-0.3, -0.25) is 4.79 Å². The van der Waals surface area contributed by atoms with E-state index in [4.69, 9.17) is 28.3 Å². The summed E-state index contributed by atoms with van der Waals surface area (Å²) in [6.45, 7) is 0.192. The lowest BCUT2D eigenvalue weighted by atomic mass is 10.1. The molecule has 1 heterocycles. The quantitative estimate of drug-likeness (QED) is 0.847. The minimum atomic E-state index is -1.02. The van der Waals surface area contributed by atoms with Crippen LogP contribution in [0.25, 0.3) is 0 Å². The smallest absolute Gasteiger partial charge is 0.335 e. The number of carboxylic acids is 1. The summed E-state index contributed by atoms with van der Waals surface area (Å²) >= 11 is 11.5. The molecule has 0 saturated carbocycles. The molecule has 108 valence electrons. The molecule has 0 aliphatic carbocycles. The van der Waals surface area contributed by atoms with E-state index >= 15 is 0 Å². The number of hydrogen-bond acceptors (Lipinski definition) is 3. The number of aromatic carboxylic acids is 1. The molecular formula is C14H10Cl2N2O3. The molecule has 0 atom stereocenters. The van der Waals surface area contributed by atoms with Crippen LogP contribution in [-0.2, 0) is 6.54 Å². The van der Waals surface area contributed by atoms with Gasteiger partial charge in [0.25, 0.3) is 5.91 Å². The number of nitrogens with one attached hydrogen (secondary N) is 1. The Morgan fingerprint density at radius 1 is 1.10 bits per heavy atom. The molecule has 0 bridgehead atoms. The standard InChI is InChI=1S/C14H10Cl2N2O3/c15-11-5-10(6-12(16)18-11)13(19)17-7-8-2-1-3-9(4-8)14(20)21/h1-6H,7H2,(H,17,19)(H,20,21). The molecule has 0 saturated heterocycles. The highest BCUT2D eigenvalue weighted by Crippen LogP contribution is 2.14. The van der Waals surface area contributed by atoms with Gasteiger partial charge in [0.15, 0.2) is 0 Å². The van der Waals surface area contributed by atoms with Crippen molar-refractivity contribution in [2.24, 2.45) is 0 Å². The zero-order valence-electron chi connectivity index (χ0n) is 10.6. The number of halogens is 2. The lowest BCUT2D eigenvalue weighted by Crippen LogP contribution is -2.23. The van der Waals surface area contributed by atoms with Gasteiger partial charge in [-0.25, -0.2) is 9.78 Å². The third-order valence-corrected chi connectivity index (χ3v) is 3.04. The average molecular weight is 325 g/mol. The maximum Gasteiger partial charge on any atom is 0.335 e. The van der Waals surface area contributed by atoms with Crippen LogP contribution in [-0.4, -0.2) is 22.0 Å². The van der Waals surface area contributed by atoms with Gasteiger partial charge >= 0.3 is 5.97 Å². The number of nitrogens with zero attached hydrogens (tertiary/aromatic N) is 1.